The van der Waals surface area contributed by atoms with Gasteiger partial charge in [0.15, 0.2) is 5.65 Å². The van der Waals surface area contributed by atoms with E-state index in [0.29, 0.717) is 16.9 Å². The number of nitrogens with zero attached hydrogens (tertiary/aromatic N) is 6. The van der Waals surface area contributed by atoms with Crippen LogP contribution in [0.15, 0.2) is 30.6 Å². The number of aryl methyl sites for hydroxylation is 1. The van der Waals surface area contributed by atoms with E-state index in [4.69, 9.17) is 0 Å². The van der Waals surface area contributed by atoms with E-state index in [1.54, 1.807) is 12.4 Å². The van der Waals surface area contributed by atoms with Crippen LogP contribution in [0.1, 0.15) is 35.9 Å². The van der Waals surface area contributed by atoms with E-state index in [1.165, 1.54) is 0 Å². The molecule has 8 heteroatoms. The number of nitrogens with one attached hydrogen (secondary N) is 1. The molecule has 4 heterocycles. The highest BCUT2D eigenvalue weighted by atomic mass is 16.1. The van der Waals surface area contributed by atoms with Gasteiger partial charge in [0.2, 0.25) is 0 Å². The van der Waals surface area contributed by atoms with Gasteiger partial charge < -0.3 is 15.1 Å². The SMILES string of the molecule is Cc1nc2c(cnn2C(C)C)cc1C(=O)Nc1ccc(N2CCN(C)CC2)nc1. The Labute approximate surface area is 170 Å². The smallest absolute Gasteiger partial charge is 0.257 e. The fraction of sp³-hybridized carbons (Fsp3) is 0.429. The van der Waals surface area contributed by atoms with Gasteiger partial charge in [0, 0.05) is 37.6 Å². The predicted octanol–water partition coefficient (Wildman–Crippen LogP) is 2.72. The van der Waals surface area contributed by atoms with E-state index < -0.39 is 0 Å². The van der Waals surface area contributed by atoms with Gasteiger partial charge in [0.1, 0.15) is 5.82 Å². The van der Waals surface area contributed by atoms with Crippen molar-refractivity contribution in [1.29, 1.82) is 0 Å². The lowest BCUT2D eigenvalue weighted by molar-refractivity contribution is 0.102. The average Bonchev–Trinajstić information content (AvgIpc) is 3.11. The van der Waals surface area contributed by atoms with Gasteiger partial charge >= 0.3 is 0 Å². The molecule has 0 saturated carbocycles. The number of rotatable bonds is 4. The van der Waals surface area contributed by atoms with Crippen LogP contribution in [0.5, 0.6) is 0 Å². The molecule has 1 saturated heterocycles. The third-order valence-electron chi connectivity index (χ3n) is 5.33. The van der Waals surface area contributed by atoms with Gasteiger partial charge in [-0.2, -0.15) is 5.10 Å². The maximum absolute atomic E-state index is 12.8. The summed E-state index contributed by atoms with van der Waals surface area (Å²) in [6.45, 7) is 9.95. The molecule has 0 aliphatic carbocycles. The summed E-state index contributed by atoms with van der Waals surface area (Å²) < 4.78 is 1.87. The van der Waals surface area contributed by atoms with Crippen molar-refractivity contribution in [3.63, 3.8) is 0 Å². The molecule has 1 aliphatic heterocycles. The minimum absolute atomic E-state index is 0.191. The second-order valence-corrected chi connectivity index (χ2v) is 7.87. The van der Waals surface area contributed by atoms with E-state index in [1.807, 2.05) is 29.8 Å². The first kappa shape index (κ1) is 19.3. The Morgan fingerprint density at radius 2 is 1.90 bits per heavy atom. The molecule has 0 radical (unpaired) electrons. The van der Waals surface area contributed by atoms with Crippen LogP contribution in [-0.4, -0.2) is 63.8 Å². The molecule has 1 aliphatic rings. The topological polar surface area (TPSA) is 79.2 Å². The molecule has 1 N–H and O–H groups in total. The highest BCUT2D eigenvalue weighted by Gasteiger charge is 2.17. The Bertz CT molecular complexity index is 1020. The van der Waals surface area contributed by atoms with Crippen molar-refractivity contribution in [2.24, 2.45) is 0 Å². The highest BCUT2D eigenvalue weighted by molar-refractivity contribution is 6.06. The van der Waals surface area contributed by atoms with E-state index in [9.17, 15) is 4.79 Å². The Kier molecular flexibility index (Phi) is 5.19. The van der Waals surface area contributed by atoms with E-state index in [2.05, 4.69) is 51.1 Å². The lowest BCUT2D eigenvalue weighted by atomic mass is 10.1. The number of carbonyl (C=O) groups is 1. The number of carbonyl (C=O) groups excluding carboxylic acids is 1. The molecule has 3 aromatic rings. The minimum Gasteiger partial charge on any atom is -0.354 e. The summed E-state index contributed by atoms with van der Waals surface area (Å²) in [5, 5.41) is 8.18. The van der Waals surface area contributed by atoms with Crippen molar-refractivity contribution in [2.75, 3.05) is 43.4 Å². The van der Waals surface area contributed by atoms with Crippen LogP contribution in [0, 0.1) is 6.92 Å². The van der Waals surface area contributed by atoms with Gasteiger partial charge in [-0.25, -0.2) is 14.6 Å². The second-order valence-electron chi connectivity index (χ2n) is 7.87. The zero-order chi connectivity index (χ0) is 20.5. The first-order chi connectivity index (χ1) is 13.9. The van der Waals surface area contributed by atoms with Crippen molar-refractivity contribution in [1.82, 2.24) is 24.6 Å². The maximum Gasteiger partial charge on any atom is 0.257 e. The predicted molar refractivity (Wildman–Crippen MR) is 115 cm³/mol. The summed E-state index contributed by atoms with van der Waals surface area (Å²) in [5.74, 6) is 0.750. The zero-order valence-electron chi connectivity index (χ0n) is 17.4. The van der Waals surface area contributed by atoms with Crippen LogP contribution in [0.2, 0.25) is 0 Å². The monoisotopic (exact) mass is 393 g/mol. The number of piperazine rings is 1. The lowest BCUT2D eigenvalue weighted by Crippen LogP contribution is -2.44. The Morgan fingerprint density at radius 1 is 1.14 bits per heavy atom. The number of fused-ring (bicyclic) bond motifs is 1. The summed E-state index contributed by atoms with van der Waals surface area (Å²) >= 11 is 0. The first-order valence-corrected chi connectivity index (χ1v) is 9.98. The van der Waals surface area contributed by atoms with Crippen molar-refractivity contribution >= 4 is 28.4 Å². The molecule has 0 atom stereocenters. The maximum atomic E-state index is 12.8. The molecule has 3 aromatic heterocycles. The quantitative estimate of drug-likeness (QED) is 0.734. The van der Waals surface area contributed by atoms with Crippen LogP contribution >= 0.6 is 0 Å². The molecule has 8 nitrogen and oxygen atoms in total. The first-order valence-electron chi connectivity index (χ1n) is 9.98. The molecule has 1 fully saturated rings. The van der Waals surface area contributed by atoms with E-state index >= 15 is 0 Å². The van der Waals surface area contributed by atoms with Crippen LogP contribution in [0.4, 0.5) is 11.5 Å². The van der Waals surface area contributed by atoms with Crippen LogP contribution in [-0.2, 0) is 0 Å². The molecule has 0 bridgehead atoms. The molecule has 29 heavy (non-hydrogen) atoms. The summed E-state index contributed by atoms with van der Waals surface area (Å²) in [7, 11) is 2.13. The van der Waals surface area contributed by atoms with Gasteiger partial charge in [-0.1, -0.05) is 0 Å². The number of amides is 1. The number of hydrogen-bond donors (Lipinski definition) is 1. The second kappa shape index (κ2) is 7.79. The normalized spacial score (nSPS) is 15.3. The molecule has 0 unspecified atom stereocenters. The molecule has 0 spiro atoms. The molecule has 1 amide bonds. The van der Waals surface area contributed by atoms with E-state index in [0.717, 1.165) is 43.0 Å². The highest BCUT2D eigenvalue weighted by Crippen LogP contribution is 2.21. The molecular weight excluding hydrogens is 366 g/mol. The molecular formula is C21H27N7O. The van der Waals surface area contributed by atoms with Gasteiger partial charge in [-0.05, 0) is 46.0 Å². The fourth-order valence-corrected chi connectivity index (χ4v) is 3.55. The van der Waals surface area contributed by atoms with Gasteiger partial charge in [0.05, 0.1) is 29.3 Å². The number of aromatic nitrogens is 4. The summed E-state index contributed by atoms with van der Waals surface area (Å²) in [6.07, 6.45) is 3.47. The lowest BCUT2D eigenvalue weighted by Gasteiger charge is -2.33. The van der Waals surface area contributed by atoms with Gasteiger partial charge in [-0.3, -0.25) is 4.79 Å². The fourth-order valence-electron chi connectivity index (χ4n) is 3.55. The summed E-state index contributed by atoms with van der Waals surface area (Å²) in [5.41, 5.74) is 2.70. The van der Waals surface area contributed by atoms with E-state index in [-0.39, 0.29) is 11.9 Å². The largest absolute Gasteiger partial charge is 0.354 e. The van der Waals surface area contributed by atoms with Crippen LogP contribution in [0.25, 0.3) is 11.0 Å². The average molecular weight is 393 g/mol. The third-order valence-corrected chi connectivity index (χ3v) is 5.33. The van der Waals surface area contributed by atoms with Crippen molar-refractivity contribution in [3.05, 3.63) is 41.9 Å². The number of likely N-dealkylation sites (N-methyl/N-ethyl adjacent to an activating group) is 1. The number of anilines is 2. The van der Waals surface area contributed by atoms with Crippen molar-refractivity contribution < 1.29 is 4.79 Å². The number of pyridine rings is 2. The van der Waals surface area contributed by atoms with Gasteiger partial charge in [0.25, 0.3) is 5.91 Å². The minimum atomic E-state index is -0.191. The third kappa shape index (κ3) is 3.93. The van der Waals surface area contributed by atoms with Crippen molar-refractivity contribution in [3.8, 4) is 0 Å². The Hall–Kier alpha value is -3.00. The molecule has 0 aromatic carbocycles. The molecule has 4 rings (SSSR count). The Morgan fingerprint density at radius 3 is 2.55 bits per heavy atom. The number of hydrogen-bond acceptors (Lipinski definition) is 6. The standard InChI is InChI=1S/C21H27N7O/c1-14(2)28-20-16(12-23-28)11-18(15(3)24-20)21(29)25-17-5-6-19(22-13-17)27-9-7-26(4)8-10-27/h5-6,11-14H,7-10H2,1-4H3,(H,25,29). The van der Waals surface area contributed by atoms with Crippen LogP contribution in [0.3, 0.4) is 0 Å². The van der Waals surface area contributed by atoms with Crippen molar-refractivity contribution in [2.45, 2.75) is 26.8 Å². The Balaban J connectivity index is 1.50. The van der Waals surface area contributed by atoms with Crippen LogP contribution < -0.4 is 10.2 Å². The zero-order valence-corrected chi connectivity index (χ0v) is 17.4. The van der Waals surface area contributed by atoms with Gasteiger partial charge in [-0.15, -0.1) is 0 Å². The molecule has 152 valence electrons. The summed E-state index contributed by atoms with van der Waals surface area (Å²) in [4.78, 5) is 26.5. The summed E-state index contributed by atoms with van der Waals surface area (Å²) in [6, 6.07) is 5.92.